The monoisotopic (exact) mass is 358 g/mol. The van der Waals surface area contributed by atoms with Gasteiger partial charge in [-0.15, -0.1) is 0 Å². The van der Waals surface area contributed by atoms with Crippen molar-refractivity contribution in [3.05, 3.63) is 67.4 Å². The Kier molecular flexibility index (Phi) is 4.57. The standard InChI is InChI=1S/C13H9BrClFN2O2/c14-9-2-1-8(12(16)5-9)7-17-10-3-4-11(15)13(6-10)18(19)20/h1-6,17H,7H2. The van der Waals surface area contributed by atoms with Crippen LogP contribution in [0.4, 0.5) is 15.8 Å². The molecule has 0 aliphatic heterocycles. The molecule has 0 saturated carbocycles. The van der Waals surface area contributed by atoms with Crippen LogP contribution in [0.1, 0.15) is 5.56 Å². The molecule has 2 rings (SSSR count). The predicted octanol–water partition coefficient (Wildman–Crippen LogP) is 4.76. The van der Waals surface area contributed by atoms with Gasteiger partial charge in [-0.25, -0.2) is 4.39 Å². The number of nitrogens with zero attached hydrogens (tertiary/aromatic N) is 1. The van der Waals surface area contributed by atoms with Crippen LogP contribution in [0.5, 0.6) is 0 Å². The largest absolute Gasteiger partial charge is 0.381 e. The number of halogens is 3. The number of hydrogen-bond donors (Lipinski definition) is 1. The van der Waals surface area contributed by atoms with Crippen LogP contribution in [-0.4, -0.2) is 4.92 Å². The number of nitro benzene ring substituents is 1. The zero-order valence-electron chi connectivity index (χ0n) is 10.1. The number of nitrogens with one attached hydrogen (secondary N) is 1. The van der Waals surface area contributed by atoms with Crippen LogP contribution in [0.15, 0.2) is 40.9 Å². The van der Waals surface area contributed by atoms with Crippen LogP contribution in [0.3, 0.4) is 0 Å². The molecule has 0 amide bonds. The molecule has 1 N–H and O–H groups in total. The third kappa shape index (κ3) is 3.46. The molecule has 0 aromatic heterocycles. The number of benzene rings is 2. The summed E-state index contributed by atoms with van der Waals surface area (Å²) in [6.45, 7) is 0.220. The summed E-state index contributed by atoms with van der Waals surface area (Å²) in [5.41, 5.74) is 0.780. The second kappa shape index (κ2) is 6.19. The summed E-state index contributed by atoms with van der Waals surface area (Å²) in [5.74, 6) is -0.352. The normalized spacial score (nSPS) is 10.3. The van der Waals surface area contributed by atoms with E-state index in [9.17, 15) is 14.5 Å². The molecule has 0 heterocycles. The highest BCUT2D eigenvalue weighted by molar-refractivity contribution is 9.10. The summed E-state index contributed by atoms with van der Waals surface area (Å²) in [4.78, 5) is 10.2. The molecule has 0 saturated heterocycles. The van der Waals surface area contributed by atoms with Crippen molar-refractivity contribution in [1.82, 2.24) is 0 Å². The molecule has 0 radical (unpaired) electrons. The molecule has 0 unspecified atom stereocenters. The minimum atomic E-state index is -0.562. The molecule has 0 aliphatic rings. The molecule has 7 heteroatoms. The third-order valence-electron chi connectivity index (χ3n) is 2.64. The number of rotatable bonds is 4. The topological polar surface area (TPSA) is 55.2 Å². The Hall–Kier alpha value is -1.66. The first kappa shape index (κ1) is 14.7. The summed E-state index contributed by atoms with van der Waals surface area (Å²) in [7, 11) is 0. The van der Waals surface area contributed by atoms with E-state index in [2.05, 4.69) is 21.2 Å². The Labute approximate surface area is 127 Å². The lowest BCUT2D eigenvalue weighted by Crippen LogP contribution is -2.02. The van der Waals surface area contributed by atoms with Crippen LogP contribution in [0.2, 0.25) is 5.02 Å². The molecule has 4 nitrogen and oxygen atoms in total. The lowest BCUT2D eigenvalue weighted by atomic mass is 10.2. The maximum Gasteiger partial charge on any atom is 0.289 e. The Morgan fingerprint density at radius 1 is 1.30 bits per heavy atom. The smallest absolute Gasteiger partial charge is 0.289 e. The van der Waals surface area contributed by atoms with Gasteiger partial charge in [0.05, 0.1) is 4.92 Å². The number of anilines is 1. The molecule has 0 bridgehead atoms. The molecule has 2 aromatic rings. The van der Waals surface area contributed by atoms with E-state index in [1.807, 2.05) is 0 Å². The van der Waals surface area contributed by atoms with Gasteiger partial charge in [0.2, 0.25) is 0 Å². The Morgan fingerprint density at radius 3 is 2.70 bits per heavy atom. The van der Waals surface area contributed by atoms with Gasteiger partial charge in [0.15, 0.2) is 0 Å². The van der Waals surface area contributed by atoms with Crippen LogP contribution in [0, 0.1) is 15.9 Å². The average Bonchev–Trinajstić information content (AvgIpc) is 2.39. The van der Waals surface area contributed by atoms with E-state index in [4.69, 9.17) is 11.6 Å². The fourth-order valence-corrected chi connectivity index (χ4v) is 2.14. The Balaban J connectivity index is 2.15. The van der Waals surface area contributed by atoms with Crippen molar-refractivity contribution >= 4 is 38.9 Å². The molecule has 0 spiro atoms. The predicted molar refractivity (Wildman–Crippen MR) is 79.5 cm³/mol. The first-order valence-electron chi connectivity index (χ1n) is 5.59. The molecular weight excluding hydrogens is 351 g/mol. The minimum Gasteiger partial charge on any atom is -0.381 e. The van der Waals surface area contributed by atoms with Crippen molar-refractivity contribution in [2.75, 3.05) is 5.32 Å². The first-order valence-corrected chi connectivity index (χ1v) is 6.76. The van der Waals surface area contributed by atoms with Gasteiger partial charge in [0.1, 0.15) is 10.8 Å². The van der Waals surface area contributed by atoms with E-state index in [1.54, 1.807) is 18.2 Å². The van der Waals surface area contributed by atoms with Crippen molar-refractivity contribution in [1.29, 1.82) is 0 Å². The summed E-state index contributed by atoms with van der Waals surface area (Å²) in [6, 6.07) is 9.08. The van der Waals surface area contributed by atoms with Crippen LogP contribution in [0.25, 0.3) is 0 Å². The van der Waals surface area contributed by atoms with Gasteiger partial charge in [0.25, 0.3) is 5.69 Å². The Bertz CT molecular complexity index is 667. The van der Waals surface area contributed by atoms with Gasteiger partial charge in [-0.2, -0.15) is 0 Å². The molecule has 20 heavy (non-hydrogen) atoms. The zero-order valence-corrected chi connectivity index (χ0v) is 12.4. The quantitative estimate of drug-likeness (QED) is 0.632. The molecule has 0 fully saturated rings. The van der Waals surface area contributed by atoms with Crippen molar-refractivity contribution in [3.8, 4) is 0 Å². The van der Waals surface area contributed by atoms with E-state index >= 15 is 0 Å². The summed E-state index contributed by atoms with van der Waals surface area (Å²) >= 11 is 8.89. The highest BCUT2D eigenvalue weighted by Crippen LogP contribution is 2.27. The molecule has 104 valence electrons. The van der Waals surface area contributed by atoms with E-state index < -0.39 is 4.92 Å². The SMILES string of the molecule is O=[N+]([O-])c1cc(NCc2ccc(Br)cc2F)ccc1Cl. The molecule has 0 atom stereocenters. The van der Waals surface area contributed by atoms with Crippen molar-refractivity contribution < 1.29 is 9.31 Å². The van der Waals surface area contributed by atoms with Gasteiger partial charge in [-0.1, -0.05) is 33.6 Å². The summed E-state index contributed by atoms with van der Waals surface area (Å²) in [6.07, 6.45) is 0. The van der Waals surface area contributed by atoms with Crippen LogP contribution >= 0.6 is 27.5 Å². The van der Waals surface area contributed by atoms with Crippen molar-refractivity contribution in [3.63, 3.8) is 0 Å². The van der Waals surface area contributed by atoms with Gasteiger partial charge < -0.3 is 5.32 Å². The maximum absolute atomic E-state index is 13.6. The maximum atomic E-state index is 13.6. The molecule has 2 aromatic carbocycles. The molecule has 0 aliphatic carbocycles. The van der Waals surface area contributed by atoms with Gasteiger partial charge in [0, 0.05) is 28.3 Å². The fourth-order valence-electron chi connectivity index (χ4n) is 1.62. The highest BCUT2D eigenvalue weighted by Gasteiger charge is 2.12. The highest BCUT2D eigenvalue weighted by atomic mass is 79.9. The second-order valence-corrected chi connectivity index (χ2v) is 5.34. The lowest BCUT2D eigenvalue weighted by molar-refractivity contribution is -0.384. The summed E-state index contributed by atoms with van der Waals surface area (Å²) in [5, 5.41) is 13.8. The molecular formula is C13H9BrClFN2O2. The minimum absolute atomic E-state index is 0.0652. The average molecular weight is 360 g/mol. The van der Waals surface area contributed by atoms with E-state index in [0.29, 0.717) is 15.7 Å². The van der Waals surface area contributed by atoms with E-state index in [1.165, 1.54) is 18.2 Å². The zero-order chi connectivity index (χ0) is 14.7. The van der Waals surface area contributed by atoms with Crippen LogP contribution in [-0.2, 0) is 6.54 Å². The third-order valence-corrected chi connectivity index (χ3v) is 3.45. The van der Waals surface area contributed by atoms with E-state index in [0.717, 1.165) is 0 Å². The van der Waals surface area contributed by atoms with Gasteiger partial charge in [-0.3, -0.25) is 10.1 Å². The van der Waals surface area contributed by atoms with E-state index in [-0.39, 0.29) is 23.1 Å². The summed E-state index contributed by atoms with van der Waals surface area (Å²) < 4.78 is 14.3. The van der Waals surface area contributed by atoms with Crippen molar-refractivity contribution in [2.45, 2.75) is 6.54 Å². The van der Waals surface area contributed by atoms with Crippen molar-refractivity contribution in [2.24, 2.45) is 0 Å². The fraction of sp³-hybridized carbons (Fsp3) is 0.0769. The first-order chi connectivity index (χ1) is 9.47. The number of hydrogen-bond acceptors (Lipinski definition) is 3. The van der Waals surface area contributed by atoms with Crippen LogP contribution < -0.4 is 5.32 Å². The second-order valence-electron chi connectivity index (χ2n) is 4.01. The van der Waals surface area contributed by atoms with Gasteiger partial charge >= 0.3 is 0 Å². The van der Waals surface area contributed by atoms with Gasteiger partial charge in [-0.05, 0) is 24.3 Å². The lowest BCUT2D eigenvalue weighted by Gasteiger charge is -2.08. The Morgan fingerprint density at radius 2 is 2.05 bits per heavy atom. The number of nitro groups is 1.